The monoisotopic (exact) mass is 319 g/mol. The van der Waals surface area contributed by atoms with Crippen LogP contribution in [0.2, 0.25) is 0 Å². The van der Waals surface area contributed by atoms with Gasteiger partial charge < -0.3 is 21.5 Å². The quantitative estimate of drug-likeness (QED) is 0.391. The van der Waals surface area contributed by atoms with Crippen LogP contribution in [0.4, 0.5) is 0 Å². The van der Waals surface area contributed by atoms with E-state index in [2.05, 4.69) is 10.6 Å². The highest BCUT2D eigenvalue weighted by Crippen LogP contribution is 2.06. The Kier molecular flexibility index (Phi) is 9.59. The number of hydrogen-bond donors (Lipinski definition) is 4. The van der Waals surface area contributed by atoms with Crippen LogP contribution in [0.15, 0.2) is 0 Å². The van der Waals surface area contributed by atoms with E-state index in [9.17, 15) is 19.2 Å². The molecule has 0 unspecified atom stereocenters. The first-order chi connectivity index (χ1) is 9.81. The summed E-state index contributed by atoms with van der Waals surface area (Å²) in [6.45, 7) is 1.17. The summed E-state index contributed by atoms with van der Waals surface area (Å²) in [5.74, 6) is -1.66. The minimum absolute atomic E-state index is 0.104. The van der Waals surface area contributed by atoms with Gasteiger partial charge in [-0.05, 0) is 20.4 Å². The third-order valence-corrected chi connectivity index (χ3v) is 3.69. The van der Waals surface area contributed by atoms with E-state index in [1.807, 2.05) is 0 Å². The summed E-state index contributed by atoms with van der Waals surface area (Å²) in [7, 11) is 1.53. The molecule has 0 aliphatic rings. The Morgan fingerprint density at radius 2 is 1.86 bits per heavy atom. The molecule has 0 heterocycles. The first-order valence-electron chi connectivity index (χ1n) is 6.37. The molecule has 0 saturated carbocycles. The number of nitrogens with two attached hydrogens (primary N) is 1. The number of likely N-dealkylation sites (N-methyl/N-ethyl adjacent to an activating group) is 1. The van der Waals surface area contributed by atoms with Crippen molar-refractivity contribution in [2.75, 3.05) is 19.3 Å². The second kappa shape index (κ2) is 10.3. The molecule has 1 amide bonds. The molecule has 0 aromatic rings. The fraction of sp³-hybridized carbons (Fsp3) is 0.667. The van der Waals surface area contributed by atoms with Crippen LogP contribution in [0.1, 0.15) is 19.8 Å². The lowest BCUT2D eigenvalue weighted by Crippen LogP contribution is -2.50. The summed E-state index contributed by atoms with van der Waals surface area (Å²) in [5, 5.41) is 13.6. The highest BCUT2D eigenvalue weighted by molar-refractivity contribution is 8.13. The van der Waals surface area contributed by atoms with Gasteiger partial charge in [0.15, 0.2) is 5.78 Å². The molecule has 9 heteroatoms. The van der Waals surface area contributed by atoms with E-state index >= 15 is 0 Å². The average molecular weight is 319 g/mol. The van der Waals surface area contributed by atoms with E-state index in [0.29, 0.717) is 0 Å². The average Bonchev–Trinajstić information content (AvgIpc) is 2.42. The lowest BCUT2D eigenvalue weighted by molar-refractivity contribution is -0.137. The number of Topliss-reactive ketones (excluding diaryl/α,β-unsaturated/α-hetero) is 1. The number of ketones is 1. The number of carboxylic acids is 1. The topological polar surface area (TPSA) is 139 Å². The van der Waals surface area contributed by atoms with Crippen molar-refractivity contribution in [1.29, 1.82) is 0 Å². The second-order valence-electron chi connectivity index (χ2n) is 4.33. The second-order valence-corrected chi connectivity index (χ2v) is 5.41. The zero-order valence-corrected chi connectivity index (χ0v) is 12.9. The maximum Gasteiger partial charge on any atom is 0.303 e. The molecule has 0 rings (SSSR count). The molecular weight excluding hydrogens is 298 g/mol. The molecular formula is C12H21N3O5S. The van der Waals surface area contributed by atoms with E-state index in [1.54, 1.807) is 0 Å². The number of nitrogens with one attached hydrogen (secondary N) is 2. The van der Waals surface area contributed by atoms with Crippen molar-refractivity contribution in [2.24, 2.45) is 5.73 Å². The highest BCUT2D eigenvalue weighted by atomic mass is 32.2. The molecule has 21 heavy (non-hydrogen) atoms. The number of amides is 1. The summed E-state index contributed by atoms with van der Waals surface area (Å²) in [5.41, 5.74) is 5.17. The molecule has 0 radical (unpaired) electrons. The van der Waals surface area contributed by atoms with Crippen molar-refractivity contribution >= 4 is 34.5 Å². The predicted molar refractivity (Wildman–Crippen MR) is 78.8 cm³/mol. The van der Waals surface area contributed by atoms with Crippen molar-refractivity contribution in [2.45, 2.75) is 31.8 Å². The van der Waals surface area contributed by atoms with Gasteiger partial charge in [-0.25, -0.2) is 0 Å². The minimum atomic E-state index is -1.00. The third-order valence-electron chi connectivity index (χ3n) is 2.70. The Bertz CT molecular complexity index is 402. The van der Waals surface area contributed by atoms with Crippen molar-refractivity contribution in [3.05, 3.63) is 0 Å². The van der Waals surface area contributed by atoms with Gasteiger partial charge in [0.1, 0.15) is 0 Å². The fourth-order valence-corrected chi connectivity index (χ4v) is 2.23. The van der Waals surface area contributed by atoms with Crippen LogP contribution >= 0.6 is 11.8 Å². The number of carbonyl (C=O) groups is 4. The van der Waals surface area contributed by atoms with Gasteiger partial charge in [0.25, 0.3) is 0 Å². The Morgan fingerprint density at radius 3 is 2.29 bits per heavy atom. The molecule has 0 aliphatic heterocycles. The van der Waals surface area contributed by atoms with E-state index in [1.165, 1.54) is 14.0 Å². The van der Waals surface area contributed by atoms with Gasteiger partial charge in [-0.1, -0.05) is 11.8 Å². The van der Waals surface area contributed by atoms with Crippen molar-refractivity contribution in [3.8, 4) is 0 Å². The van der Waals surface area contributed by atoms with E-state index in [4.69, 9.17) is 10.8 Å². The zero-order valence-electron chi connectivity index (χ0n) is 12.0. The van der Waals surface area contributed by atoms with Gasteiger partial charge in [-0.15, -0.1) is 0 Å². The minimum Gasteiger partial charge on any atom is -0.481 e. The molecule has 120 valence electrons. The molecule has 0 aromatic heterocycles. The van der Waals surface area contributed by atoms with E-state index in [-0.39, 0.29) is 36.0 Å². The van der Waals surface area contributed by atoms with Gasteiger partial charge in [-0.3, -0.25) is 19.2 Å². The number of aliphatic carboxylic acids is 1. The maximum absolute atomic E-state index is 12.0. The van der Waals surface area contributed by atoms with Crippen molar-refractivity contribution < 1.29 is 24.3 Å². The molecule has 0 fully saturated rings. The van der Waals surface area contributed by atoms with Crippen LogP contribution in [0.5, 0.6) is 0 Å². The summed E-state index contributed by atoms with van der Waals surface area (Å²) in [6, 6.07) is -1.52. The molecule has 0 aliphatic carbocycles. The summed E-state index contributed by atoms with van der Waals surface area (Å²) < 4.78 is 0. The lowest BCUT2D eigenvalue weighted by Gasteiger charge is -2.20. The number of thioether (sulfide) groups is 1. The Morgan fingerprint density at radius 1 is 1.24 bits per heavy atom. The molecule has 0 spiro atoms. The number of carboxylic acid groups (broad SMARTS) is 1. The predicted octanol–water partition coefficient (Wildman–Crippen LogP) is -1.27. The van der Waals surface area contributed by atoms with Crippen LogP contribution in [0, 0.1) is 0 Å². The molecule has 2 atom stereocenters. The molecule has 0 saturated heterocycles. The van der Waals surface area contributed by atoms with E-state index < -0.39 is 24.0 Å². The highest BCUT2D eigenvalue weighted by Gasteiger charge is 2.23. The number of carbonyl (C=O) groups excluding carboxylic acids is 3. The van der Waals surface area contributed by atoms with Crippen LogP contribution in [-0.2, 0) is 19.2 Å². The molecule has 0 bridgehead atoms. The van der Waals surface area contributed by atoms with E-state index in [0.717, 1.165) is 11.8 Å². The zero-order chi connectivity index (χ0) is 16.4. The number of rotatable bonds is 10. The van der Waals surface area contributed by atoms with Gasteiger partial charge >= 0.3 is 5.97 Å². The summed E-state index contributed by atoms with van der Waals surface area (Å²) in [4.78, 5) is 45.1. The van der Waals surface area contributed by atoms with Crippen molar-refractivity contribution in [3.63, 3.8) is 0 Å². The molecule has 0 aromatic carbocycles. The lowest BCUT2D eigenvalue weighted by atomic mass is 10.1. The van der Waals surface area contributed by atoms with Gasteiger partial charge in [0.2, 0.25) is 11.0 Å². The van der Waals surface area contributed by atoms with Gasteiger partial charge in [0.05, 0.1) is 18.6 Å². The van der Waals surface area contributed by atoms with Gasteiger partial charge in [-0.2, -0.15) is 0 Å². The van der Waals surface area contributed by atoms with Crippen LogP contribution in [0.25, 0.3) is 0 Å². The van der Waals surface area contributed by atoms with Gasteiger partial charge in [0, 0.05) is 12.2 Å². The number of hydrogen-bond acceptors (Lipinski definition) is 7. The van der Waals surface area contributed by atoms with Crippen LogP contribution in [-0.4, -0.2) is 59.3 Å². The smallest absolute Gasteiger partial charge is 0.303 e. The third kappa shape index (κ3) is 8.43. The molecule has 5 N–H and O–H groups in total. The van der Waals surface area contributed by atoms with Crippen molar-refractivity contribution in [1.82, 2.24) is 10.6 Å². The maximum atomic E-state index is 12.0. The molecule has 8 nitrogen and oxygen atoms in total. The van der Waals surface area contributed by atoms with Crippen LogP contribution in [0.3, 0.4) is 0 Å². The largest absolute Gasteiger partial charge is 0.481 e. The Labute approximate surface area is 127 Å². The fourth-order valence-electron chi connectivity index (χ4n) is 1.44. The Hall–Kier alpha value is -1.45. The normalized spacial score (nSPS) is 13.3. The standard InChI is InChI=1S/C12H21N3O5S/c1-7(16)9(6-21-11(19)5-13)15-12(20)8(14-2)3-4-10(17)18/h8-9,14H,3-6,13H2,1-2H3,(H,15,20)(H,17,18)/t8-,9-/m0/s1. The Balaban J connectivity index is 4.53. The van der Waals surface area contributed by atoms with Crippen LogP contribution < -0.4 is 16.4 Å². The SMILES string of the molecule is CN[C@@H](CCC(=O)O)C(=O)N[C@@H](CSC(=O)CN)C(C)=O. The summed E-state index contributed by atoms with van der Waals surface area (Å²) in [6.07, 6.45) is -0.0543. The summed E-state index contributed by atoms with van der Waals surface area (Å²) >= 11 is 0.878. The first kappa shape index (κ1) is 19.6. The first-order valence-corrected chi connectivity index (χ1v) is 7.36.